The first-order chi connectivity index (χ1) is 14.0. The number of methoxy groups -OCH3 is 1. The number of nitrogens with zero attached hydrogens (tertiary/aromatic N) is 1. The van der Waals surface area contributed by atoms with E-state index in [0.717, 1.165) is 17.7 Å². The fourth-order valence-corrected chi connectivity index (χ4v) is 3.81. The first kappa shape index (κ1) is 20.7. The molecule has 8 nitrogen and oxygen atoms in total. The summed E-state index contributed by atoms with van der Waals surface area (Å²) in [6.45, 7) is -0.455. The first-order valence-electron chi connectivity index (χ1n) is 8.99. The van der Waals surface area contributed by atoms with Crippen molar-refractivity contribution in [2.24, 2.45) is 0 Å². The summed E-state index contributed by atoms with van der Waals surface area (Å²) in [6.07, 6.45) is 3.34. The Labute approximate surface area is 171 Å². The number of benzene rings is 2. The third-order valence-corrected chi connectivity index (χ3v) is 5.43. The zero-order valence-electron chi connectivity index (χ0n) is 15.8. The number of ether oxygens (including phenoxy) is 2. The number of carbonyl (C=O) groups excluding carboxylic acids is 2. The summed E-state index contributed by atoms with van der Waals surface area (Å²) in [5.74, 6) is -0.812. The smallest absolute Gasteiger partial charge is 0.316 e. The summed E-state index contributed by atoms with van der Waals surface area (Å²) >= 11 is 1.37. The van der Waals surface area contributed by atoms with E-state index < -0.39 is 23.4 Å². The van der Waals surface area contributed by atoms with Gasteiger partial charge in [-0.15, -0.1) is 11.8 Å². The lowest BCUT2D eigenvalue weighted by atomic mass is 10.1. The minimum absolute atomic E-state index is 0.104. The van der Waals surface area contributed by atoms with Gasteiger partial charge >= 0.3 is 5.97 Å². The fourth-order valence-electron chi connectivity index (χ4n) is 3.05. The van der Waals surface area contributed by atoms with Crippen molar-refractivity contribution in [2.45, 2.75) is 24.2 Å². The molecule has 1 amide bonds. The van der Waals surface area contributed by atoms with E-state index in [0.29, 0.717) is 0 Å². The van der Waals surface area contributed by atoms with E-state index >= 15 is 0 Å². The van der Waals surface area contributed by atoms with Gasteiger partial charge in [0.25, 0.3) is 11.6 Å². The van der Waals surface area contributed by atoms with E-state index in [1.807, 2.05) is 6.07 Å². The second kappa shape index (κ2) is 9.42. The van der Waals surface area contributed by atoms with Crippen molar-refractivity contribution < 1.29 is 24.0 Å². The van der Waals surface area contributed by atoms with Gasteiger partial charge in [0.05, 0.1) is 29.5 Å². The number of hydrogen-bond donors (Lipinski definition) is 1. The molecule has 0 unspecified atom stereocenters. The molecule has 0 radical (unpaired) electrons. The van der Waals surface area contributed by atoms with E-state index in [1.54, 1.807) is 0 Å². The number of esters is 1. The van der Waals surface area contributed by atoms with E-state index in [1.165, 1.54) is 54.6 Å². The Balaban J connectivity index is 1.46. The number of nitrogens with one attached hydrogen (secondary N) is 1. The Morgan fingerprint density at radius 1 is 1.17 bits per heavy atom. The molecule has 1 aliphatic carbocycles. The highest BCUT2D eigenvalue weighted by Crippen LogP contribution is 2.29. The van der Waals surface area contributed by atoms with Gasteiger partial charge in [0.1, 0.15) is 5.75 Å². The lowest BCUT2D eigenvalue weighted by molar-refractivity contribution is -0.384. The first-order valence-corrected chi connectivity index (χ1v) is 9.97. The van der Waals surface area contributed by atoms with Gasteiger partial charge in [0.2, 0.25) is 0 Å². The average molecular weight is 416 g/mol. The van der Waals surface area contributed by atoms with Crippen LogP contribution in [-0.2, 0) is 27.2 Å². The molecule has 0 bridgehead atoms. The number of aryl methyl sites for hydroxylation is 2. The van der Waals surface area contributed by atoms with Gasteiger partial charge in [0.15, 0.2) is 6.61 Å². The molecule has 0 saturated heterocycles. The number of nitro benzene ring substituents is 1. The number of amides is 1. The standard InChI is InChI=1S/C20H20N2O6S/c1-27-18-10-15(22(25)26)6-8-17(18)21-19(23)11-28-20(24)12-29-16-7-5-13-3-2-4-14(13)9-16/h5-10H,2-4,11-12H2,1H3,(H,21,23). The molecule has 2 aromatic rings. The molecule has 0 saturated carbocycles. The maximum Gasteiger partial charge on any atom is 0.316 e. The van der Waals surface area contributed by atoms with Crippen molar-refractivity contribution in [1.82, 2.24) is 0 Å². The minimum atomic E-state index is -0.562. The number of non-ortho nitro benzene ring substituents is 1. The molecule has 9 heteroatoms. The molecule has 0 heterocycles. The summed E-state index contributed by atoms with van der Waals surface area (Å²) in [6, 6.07) is 10.0. The molecule has 0 fully saturated rings. The van der Waals surface area contributed by atoms with Gasteiger partial charge in [-0.25, -0.2) is 0 Å². The van der Waals surface area contributed by atoms with Crippen molar-refractivity contribution in [2.75, 3.05) is 24.8 Å². The summed E-state index contributed by atoms with van der Waals surface area (Å²) in [7, 11) is 1.34. The second-order valence-corrected chi connectivity index (χ2v) is 7.47. The van der Waals surface area contributed by atoms with E-state index in [9.17, 15) is 19.7 Å². The lowest BCUT2D eigenvalue weighted by Crippen LogP contribution is -2.22. The van der Waals surface area contributed by atoms with E-state index in [4.69, 9.17) is 9.47 Å². The third kappa shape index (κ3) is 5.47. The van der Waals surface area contributed by atoms with Gasteiger partial charge in [-0.2, -0.15) is 0 Å². The van der Waals surface area contributed by atoms with Crippen LogP contribution in [0.15, 0.2) is 41.3 Å². The van der Waals surface area contributed by atoms with Crippen molar-refractivity contribution in [3.05, 3.63) is 57.6 Å². The van der Waals surface area contributed by atoms with Crippen molar-refractivity contribution in [1.29, 1.82) is 0 Å². The molecular weight excluding hydrogens is 396 g/mol. The predicted octanol–water partition coefficient (Wildman–Crippen LogP) is 3.37. The van der Waals surface area contributed by atoms with Gasteiger partial charge in [-0.1, -0.05) is 6.07 Å². The zero-order chi connectivity index (χ0) is 20.8. The SMILES string of the molecule is COc1cc([N+](=O)[O-])ccc1NC(=O)COC(=O)CSc1ccc2c(c1)CCC2. The zero-order valence-corrected chi connectivity index (χ0v) is 16.6. The molecule has 2 aromatic carbocycles. The Hall–Kier alpha value is -3.07. The quantitative estimate of drug-likeness (QED) is 0.304. The number of thioether (sulfide) groups is 1. The summed E-state index contributed by atoms with van der Waals surface area (Å²) in [4.78, 5) is 35.2. The lowest BCUT2D eigenvalue weighted by Gasteiger charge is -2.10. The van der Waals surface area contributed by atoms with Crippen LogP contribution in [0.1, 0.15) is 17.5 Å². The fraction of sp³-hybridized carbons (Fsp3) is 0.300. The van der Waals surface area contributed by atoms with Gasteiger partial charge in [-0.05, 0) is 48.6 Å². The average Bonchev–Trinajstić information content (AvgIpc) is 3.18. The number of nitro groups is 1. The molecule has 1 aliphatic rings. The Kier molecular flexibility index (Phi) is 6.71. The third-order valence-electron chi connectivity index (χ3n) is 4.46. The normalized spacial score (nSPS) is 12.2. The largest absolute Gasteiger partial charge is 0.494 e. The van der Waals surface area contributed by atoms with Crippen molar-refractivity contribution >= 4 is 35.0 Å². The maximum atomic E-state index is 12.0. The van der Waals surface area contributed by atoms with Crippen molar-refractivity contribution in [3.8, 4) is 5.75 Å². The summed E-state index contributed by atoms with van der Waals surface area (Å²) < 4.78 is 10.1. The minimum Gasteiger partial charge on any atom is -0.494 e. The topological polar surface area (TPSA) is 108 Å². The van der Waals surface area contributed by atoms with Crippen LogP contribution >= 0.6 is 11.8 Å². The molecule has 29 heavy (non-hydrogen) atoms. The molecule has 152 valence electrons. The van der Waals surface area contributed by atoms with E-state index in [-0.39, 0.29) is 22.9 Å². The number of anilines is 1. The Morgan fingerprint density at radius 2 is 1.97 bits per heavy atom. The van der Waals surface area contributed by atoms with Crippen molar-refractivity contribution in [3.63, 3.8) is 0 Å². The number of hydrogen-bond acceptors (Lipinski definition) is 7. The molecule has 1 N–H and O–H groups in total. The van der Waals surface area contributed by atoms with Gasteiger partial charge < -0.3 is 14.8 Å². The second-order valence-electron chi connectivity index (χ2n) is 6.42. The Bertz CT molecular complexity index is 947. The van der Waals surface area contributed by atoms with Crippen LogP contribution in [0.4, 0.5) is 11.4 Å². The molecule has 0 atom stereocenters. The highest BCUT2D eigenvalue weighted by Gasteiger charge is 2.15. The highest BCUT2D eigenvalue weighted by molar-refractivity contribution is 8.00. The Morgan fingerprint density at radius 3 is 2.72 bits per heavy atom. The maximum absolute atomic E-state index is 12.0. The number of rotatable bonds is 8. The molecule has 0 aromatic heterocycles. The predicted molar refractivity (Wildman–Crippen MR) is 108 cm³/mol. The van der Waals surface area contributed by atoms with Crippen LogP contribution in [-0.4, -0.2) is 36.3 Å². The van der Waals surface area contributed by atoms with Gasteiger partial charge in [0, 0.05) is 11.0 Å². The number of carbonyl (C=O) groups is 2. The van der Waals surface area contributed by atoms with Crippen LogP contribution in [0.3, 0.4) is 0 Å². The van der Waals surface area contributed by atoms with E-state index in [2.05, 4.69) is 17.4 Å². The highest BCUT2D eigenvalue weighted by atomic mass is 32.2. The van der Waals surface area contributed by atoms with Crippen LogP contribution in [0.25, 0.3) is 0 Å². The monoisotopic (exact) mass is 416 g/mol. The van der Waals surface area contributed by atoms with Crippen LogP contribution in [0.5, 0.6) is 5.75 Å². The molecule has 0 aliphatic heterocycles. The van der Waals surface area contributed by atoms with Crippen LogP contribution < -0.4 is 10.1 Å². The molecule has 3 rings (SSSR count). The summed E-state index contributed by atoms with van der Waals surface area (Å²) in [5.41, 5.74) is 2.80. The molecule has 0 spiro atoms. The van der Waals surface area contributed by atoms with Crippen LogP contribution in [0, 0.1) is 10.1 Å². The molecular formula is C20H20N2O6S. The number of fused-ring (bicyclic) bond motifs is 1. The summed E-state index contributed by atoms with van der Waals surface area (Å²) in [5, 5.41) is 13.3. The van der Waals surface area contributed by atoms with Gasteiger partial charge in [-0.3, -0.25) is 19.7 Å². The van der Waals surface area contributed by atoms with Crippen LogP contribution in [0.2, 0.25) is 0 Å².